The molecule has 0 fully saturated rings. The van der Waals surface area contributed by atoms with Crippen LogP contribution in [0.15, 0.2) is 72.9 Å². The minimum atomic E-state index is -1.01. The van der Waals surface area contributed by atoms with Gasteiger partial charge in [-0.1, -0.05) is 24.3 Å². The Morgan fingerprint density at radius 3 is 2.52 bits per heavy atom. The number of carboxylic acids is 1. The highest BCUT2D eigenvalue weighted by Gasteiger charge is 2.13. The summed E-state index contributed by atoms with van der Waals surface area (Å²) in [6.45, 7) is 2.02. The van der Waals surface area contributed by atoms with Crippen LogP contribution in [0.1, 0.15) is 28.5 Å². The predicted octanol–water partition coefficient (Wildman–Crippen LogP) is 4.35. The molecule has 3 rings (SSSR count). The van der Waals surface area contributed by atoms with Gasteiger partial charge >= 0.3 is 5.97 Å². The van der Waals surface area contributed by atoms with Gasteiger partial charge in [0.2, 0.25) is 5.78 Å². The molecule has 3 aromatic rings. The normalized spacial score (nSPS) is 12.0. The number of carbonyl (C=O) groups excluding carboxylic acids is 1. The number of hydrogen-bond donors (Lipinski definition) is 1. The Kier molecular flexibility index (Phi) is 6.92. The predicted molar refractivity (Wildman–Crippen MR) is 122 cm³/mol. The van der Waals surface area contributed by atoms with Crippen molar-refractivity contribution in [3.63, 3.8) is 0 Å². The average molecular weight is 418 g/mol. The van der Waals surface area contributed by atoms with Crippen molar-refractivity contribution in [2.75, 3.05) is 19.0 Å². The molecule has 160 valence electrons. The smallest absolute Gasteiger partial charge is 0.344 e. The largest absolute Gasteiger partial charge is 0.479 e. The summed E-state index contributed by atoms with van der Waals surface area (Å²) >= 11 is 0. The molecule has 0 amide bonds. The Balaban J connectivity index is 1.69. The fourth-order valence-corrected chi connectivity index (χ4v) is 3.09. The lowest BCUT2D eigenvalue weighted by Crippen LogP contribution is -2.22. The van der Waals surface area contributed by atoms with E-state index >= 15 is 0 Å². The van der Waals surface area contributed by atoms with Crippen molar-refractivity contribution in [3.8, 4) is 5.75 Å². The summed E-state index contributed by atoms with van der Waals surface area (Å²) in [5, 5.41) is 8.98. The maximum atomic E-state index is 12.9. The highest BCUT2D eigenvalue weighted by atomic mass is 16.5. The van der Waals surface area contributed by atoms with Crippen LogP contribution >= 0.6 is 0 Å². The van der Waals surface area contributed by atoms with Gasteiger partial charge in [-0.05, 0) is 61.0 Å². The van der Waals surface area contributed by atoms with E-state index in [0.717, 1.165) is 11.3 Å². The van der Waals surface area contributed by atoms with E-state index < -0.39 is 12.1 Å². The molecular weight excluding hydrogens is 392 g/mol. The van der Waals surface area contributed by atoms with Crippen LogP contribution in [0.4, 0.5) is 5.69 Å². The molecule has 0 radical (unpaired) electrons. The first-order valence-electron chi connectivity index (χ1n) is 9.98. The van der Waals surface area contributed by atoms with E-state index in [1.807, 2.05) is 90.4 Å². The molecule has 1 aromatic heterocycles. The topological polar surface area (TPSA) is 71.8 Å². The maximum Gasteiger partial charge on any atom is 0.344 e. The molecular formula is C25H26N2O4. The van der Waals surface area contributed by atoms with Crippen molar-refractivity contribution >= 4 is 23.5 Å². The molecule has 1 unspecified atom stereocenters. The molecule has 6 nitrogen and oxygen atoms in total. The van der Waals surface area contributed by atoms with Crippen LogP contribution in [-0.2, 0) is 11.3 Å². The quantitative estimate of drug-likeness (QED) is 0.523. The number of nitrogens with zero attached hydrogens (tertiary/aromatic N) is 2. The zero-order valence-corrected chi connectivity index (χ0v) is 17.9. The second-order valence-corrected chi connectivity index (χ2v) is 7.39. The van der Waals surface area contributed by atoms with E-state index in [-0.39, 0.29) is 5.78 Å². The standard InChI is InChI=1S/C25H26N2O4/c1-18(25(29)30)31-22-9-4-7-19(17-22)8-5-15-27-16-6-10-23(27)24(28)20-11-13-21(14-12-20)26(2)3/h4-14,16-18H,15H2,1-3H3,(H,29,30)/b8-5+. The number of ketones is 1. The molecule has 0 aliphatic rings. The van der Waals surface area contributed by atoms with Crippen molar-refractivity contribution in [2.24, 2.45) is 0 Å². The SMILES string of the molecule is CC(Oc1cccc(/C=C/Cn2cccc2C(=O)c2ccc(N(C)C)cc2)c1)C(=O)O. The Morgan fingerprint density at radius 2 is 1.84 bits per heavy atom. The first-order chi connectivity index (χ1) is 14.8. The molecule has 0 spiro atoms. The van der Waals surface area contributed by atoms with E-state index in [0.29, 0.717) is 23.6 Å². The van der Waals surface area contributed by atoms with E-state index in [9.17, 15) is 9.59 Å². The minimum Gasteiger partial charge on any atom is -0.479 e. The van der Waals surface area contributed by atoms with E-state index in [1.165, 1.54) is 6.92 Å². The van der Waals surface area contributed by atoms with Gasteiger partial charge in [-0.15, -0.1) is 0 Å². The lowest BCUT2D eigenvalue weighted by Gasteiger charge is -2.12. The first kappa shape index (κ1) is 21.9. The lowest BCUT2D eigenvalue weighted by molar-refractivity contribution is -0.144. The summed E-state index contributed by atoms with van der Waals surface area (Å²) in [7, 11) is 3.92. The number of ether oxygens (including phenoxy) is 1. The molecule has 0 aliphatic carbocycles. The summed E-state index contributed by atoms with van der Waals surface area (Å²) in [4.78, 5) is 25.9. The minimum absolute atomic E-state index is 0.0261. The van der Waals surface area contributed by atoms with Crippen LogP contribution in [0.25, 0.3) is 6.08 Å². The molecule has 1 atom stereocenters. The van der Waals surface area contributed by atoms with Crippen molar-refractivity contribution in [1.29, 1.82) is 0 Å². The zero-order valence-electron chi connectivity index (χ0n) is 17.9. The van der Waals surface area contributed by atoms with Crippen LogP contribution < -0.4 is 9.64 Å². The molecule has 1 N–H and O–H groups in total. The van der Waals surface area contributed by atoms with E-state index in [2.05, 4.69) is 0 Å². The van der Waals surface area contributed by atoms with Gasteiger partial charge in [0.05, 0.1) is 5.69 Å². The Bertz CT molecular complexity index is 1080. The molecule has 2 aromatic carbocycles. The lowest BCUT2D eigenvalue weighted by atomic mass is 10.1. The van der Waals surface area contributed by atoms with Crippen molar-refractivity contribution in [1.82, 2.24) is 4.57 Å². The van der Waals surface area contributed by atoms with Crippen LogP contribution in [0.5, 0.6) is 5.75 Å². The Labute approximate surface area is 182 Å². The van der Waals surface area contributed by atoms with Gasteiger partial charge in [0.15, 0.2) is 6.10 Å². The number of hydrogen-bond acceptors (Lipinski definition) is 4. The van der Waals surface area contributed by atoms with Gasteiger partial charge in [-0.2, -0.15) is 0 Å². The molecule has 1 heterocycles. The fraction of sp³-hybridized carbons (Fsp3) is 0.200. The molecule has 0 saturated heterocycles. The molecule has 0 bridgehead atoms. The maximum absolute atomic E-state index is 12.9. The third-order valence-corrected chi connectivity index (χ3v) is 4.84. The summed E-state index contributed by atoms with van der Waals surface area (Å²) in [6, 6.07) is 18.4. The number of aliphatic carboxylic acids is 1. The van der Waals surface area contributed by atoms with Gasteiger partial charge in [-0.25, -0.2) is 4.79 Å². The zero-order chi connectivity index (χ0) is 22.4. The number of anilines is 1. The molecule has 6 heteroatoms. The van der Waals surface area contributed by atoms with Crippen molar-refractivity contribution in [2.45, 2.75) is 19.6 Å². The fourth-order valence-electron chi connectivity index (χ4n) is 3.09. The Hall–Kier alpha value is -3.80. The van der Waals surface area contributed by atoms with E-state index in [1.54, 1.807) is 12.1 Å². The summed E-state index contributed by atoms with van der Waals surface area (Å²) in [5.74, 6) is -0.543. The van der Waals surface area contributed by atoms with Gasteiger partial charge in [0, 0.05) is 38.1 Å². The summed E-state index contributed by atoms with van der Waals surface area (Å²) in [5.41, 5.74) is 3.19. The highest BCUT2D eigenvalue weighted by molar-refractivity contribution is 6.08. The van der Waals surface area contributed by atoms with Gasteiger partial charge < -0.3 is 19.3 Å². The van der Waals surface area contributed by atoms with Crippen LogP contribution in [0, 0.1) is 0 Å². The average Bonchev–Trinajstić information content (AvgIpc) is 3.22. The van der Waals surface area contributed by atoms with Crippen LogP contribution in [0.3, 0.4) is 0 Å². The van der Waals surface area contributed by atoms with Crippen LogP contribution in [0.2, 0.25) is 0 Å². The molecule has 0 aliphatic heterocycles. The van der Waals surface area contributed by atoms with Crippen molar-refractivity contribution in [3.05, 3.63) is 89.8 Å². The van der Waals surface area contributed by atoms with E-state index in [4.69, 9.17) is 9.84 Å². The molecule has 0 saturated carbocycles. The summed E-state index contributed by atoms with van der Waals surface area (Å²) < 4.78 is 7.30. The third kappa shape index (κ3) is 5.63. The number of carboxylic acid groups (broad SMARTS) is 1. The second-order valence-electron chi connectivity index (χ2n) is 7.39. The third-order valence-electron chi connectivity index (χ3n) is 4.84. The number of carbonyl (C=O) groups is 2. The number of aromatic nitrogens is 1. The highest BCUT2D eigenvalue weighted by Crippen LogP contribution is 2.18. The number of rotatable bonds is 9. The summed E-state index contributed by atoms with van der Waals surface area (Å²) in [6.07, 6.45) is 4.82. The molecule has 31 heavy (non-hydrogen) atoms. The van der Waals surface area contributed by atoms with Gasteiger partial charge in [-0.3, -0.25) is 4.79 Å². The van der Waals surface area contributed by atoms with Gasteiger partial charge in [0.25, 0.3) is 0 Å². The first-order valence-corrected chi connectivity index (χ1v) is 9.98. The number of allylic oxidation sites excluding steroid dienone is 1. The van der Waals surface area contributed by atoms with Crippen LogP contribution in [-0.4, -0.2) is 41.6 Å². The Morgan fingerprint density at radius 1 is 1.10 bits per heavy atom. The number of benzene rings is 2. The second kappa shape index (κ2) is 9.80. The monoisotopic (exact) mass is 418 g/mol. The van der Waals surface area contributed by atoms with Gasteiger partial charge in [0.1, 0.15) is 5.75 Å². The van der Waals surface area contributed by atoms with Crippen molar-refractivity contribution < 1.29 is 19.4 Å².